The molecule has 20 heavy (non-hydrogen) atoms. The molecule has 0 saturated carbocycles. The van der Waals surface area contributed by atoms with Crippen LogP contribution < -0.4 is 21.3 Å². The second-order valence-corrected chi connectivity index (χ2v) is 4.11. The largest absolute Gasteiger partial charge is 0.487 e. The quantitative estimate of drug-likeness (QED) is 0.344. The molecule has 0 unspecified atom stereocenters. The van der Waals surface area contributed by atoms with Gasteiger partial charge < -0.3 is 10.1 Å². The van der Waals surface area contributed by atoms with Crippen LogP contribution in [-0.4, -0.2) is 13.0 Å². The molecule has 0 saturated heterocycles. The minimum atomic E-state index is 0.473. The van der Waals surface area contributed by atoms with E-state index >= 15 is 0 Å². The van der Waals surface area contributed by atoms with Crippen LogP contribution in [0.15, 0.2) is 59.6 Å². The highest BCUT2D eigenvalue weighted by Gasteiger charge is 2.05. The molecule has 104 valence electrons. The first kappa shape index (κ1) is 13.9. The number of aliphatic imine (C=N–C) groups is 1. The van der Waals surface area contributed by atoms with Gasteiger partial charge in [-0.05, 0) is 17.7 Å². The third-order valence-corrected chi connectivity index (χ3v) is 2.74. The van der Waals surface area contributed by atoms with Crippen molar-refractivity contribution in [2.24, 2.45) is 10.8 Å². The molecule has 0 fully saturated rings. The average Bonchev–Trinajstić information content (AvgIpc) is 2.52. The summed E-state index contributed by atoms with van der Waals surface area (Å²) in [5, 5.41) is 3.07. The number of benzene rings is 2. The van der Waals surface area contributed by atoms with Crippen LogP contribution in [0.4, 0.5) is 5.69 Å². The summed E-state index contributed by atoms with van der Waals surface area (Å²) in [4.78, 5) is 3.98. The van der Waals surface area contributed by atoms with E-state index in [0.29, 0.717) is 12.6 Å². The molecular formula is C15H18N4O. The molecule has 0 heterocycles. The molecule has 5 nitrogen and oxygen atoms in total. The van der Waals surface area contributed by atoms with Crippen molar-refractivity contribution in [1.82, 2.24) is 5.43 Å². The summed E-state index contributed by atoms with van der Waals surface area (Å²) in [5.41, 5.74) is 4.41. The number of rotatable bonds is 4. The van der Waals surface area contributed by atoms with Crippen molar-refractivity contribution in [3.63, 3.8) is 0 Å². The Kier molecular flexibility index (Phi) is 4.97. The van der Waals surface area contributed by atoms with Gasteiger partial charge in [-0.3, -0.25) is 10.4 Å². The number of hydrogen-bond donors (Lipinski definition) is 3. The van der Waals surface area contributed by atoms with Crippen molar-refractivity contribution >= 4 is 11.6 Å². The third kappa shape index (κ3) is 3.73. The predicted molar refractivity (Wildman–Crippen MR) is 81.5 cm³/mol. The molecule has 0 aliphatic rings. The molecule has 2 rings (SSSR count). The maximum absolute atomic E-state index is 5.83. The van der Waals surface area contributed by atoms with E-state index in [-0.39, 0.29) is 0 Å². The Morgan fingerprint density at radius 2 is 1.80 bits per heavy atom. The minimum absolute atomic E-state index is 0.473. The van der Waals surface area contributed by atoms with Crippen molar-refractivity contribution in [2.45, 2.75) is 6.61 Å². The summed E-state index contributed by atoms with van der Waals surface area (Å²) < 4.78 is 5.83. The summed E-state index contributed by atoms with van der Waals surface area (Å²) in [6.45, 7) is 0.508. The van der Waals surface area contributed by atoms with Gasteiger partial charge in [0.2, 0.25) is 5.96 Å². The highest BCUT2D eigenvalue weighted by Crippen LogP contribution is 2.24. The van der Waals surface area contributed by atoms with E-state index < -0.39 is 0 Å². The highest BCUT2D eigenvalue weighted by molar-refractivity contribution is 5.94. The van der Waals surface area contributed by atoms with E-state index in [1.807, 2.05) is 54.6 Å². The zero-order chi connectivity index (χ0) is 14.2. The molecule has 0 aromatic heterocycles. The first-order valence-electron chi connectivity index (χ1n) is 6.29. The molecular weight excluding hydrogens is 252 g/mol. The second-order valence-electron chi connectivity index (χ2n) is 4.11. The molecule has 0 aliphatic carbocycles. The summed E-state index contributed by atoms with van der Waals surface area (Å²) in [6, 6.07) is 17.7. The van der Waals surface area contributed by atoms with Crippen LogP contribution in [0.3, 0.4) is 0 Å². The maximum Gasteiger partial charge on any atom is 0.210 e. The number of para-hydroxylation sites is 2. The van der Waals surface area contributed by atoms with Crippen LogP contribution in [0.25, 0.3) is 0 Å². The number of hydrazine groups is 1. The van der Waals surface area contributed by atoms with Gasteiger partial charge in [0, 0.05) is 7.05 Å². The van der Waals surface area contributed by atoms with Crippen molar-refractivity contribution in [3.8, 4) is 5.75 Å². The Morgan fingerprint density at radius 1 is 1.10 bits per heavy atom. The van der Waals surface area contributed by atoms with Gasteiger partial charge in [0.15, 0.2) is 0 Å². The fourth-order valence-corrected chi connectivity index (χ4v) is 1.72. The number of nitrogens with zero attached hydrogens (tertiary/aromatic N) is 1. The molecule has 0 amide bonds. The Morgan fingerprint density at radius 3 is 2.50 bits per heavy atom. The highest BCUT2D eigenvalue weighted by atomic mass is 16.5. The van der Waals surface area contributed by atoms with Gasteiger partial charge in [-0.1, -0.05) is 42.5 Å². The van der Waals surface area contributed by atoms with Gasteiger partial charge in [-0.15, -0.1) is 0 Å². The zero-order valence-electron chi connectivity index (χ0n) is 11.3. The van der Waals surface area contributed by atoms with Crippen molar-refractivity contribution < 1.29 is 4.74 Å². The SMILES string of the molecule is CN=C(NN)Nc1ccccc1OCc1ccccc1. The number of anilines is 1. The van der Waals surface area contributed by atoms with Gasteiger partial charge in [-0.25, -0.2) is 5.84 Å². The Balaban J connectivity index is 2.08. The van der Waals surface area contributed by atoms with Gasteiger partial charge in [0.05, 0.1) is 5.69 Å². The third-order valence-electron chi connectivity index (χ3n) is 2.74. The first-order valence-corrected chi connectivity index (χ1v) is 6.29. The Hall–Kier alpha value is -2.53. The lowest BCUT2D eigenvalue weighted by Crippen LogP contribution is -2.36. The zero-order valence-corrected chi connectivity index (χ0v) is 11.3. The number of ether oxygens (including phenoxy) is 1. The van der Waals surface area contributed by atoms with E-state index in [1.54, 1.807) is 7.05 Å². The number of hydrogen-bond acceptors (Lipinski definition) is 3. The van der Waals surface area contributed by atoms with Gasteiger partial charge in [-0.2, -0.15) is 0 Å². The fourth-order valence-electron chi connectivity index (χ4n) is 1.72. The smallest absolute Gasteiger partial charge is 0.210 e. The monoisotopic (exact) mass is 270 g/mol. The first-order chi connectivity index (χ1) is 9.83. The standard InChI is InChI=1S/C15H18N4O/c1-17-15(19-16)18-13-9-5-6-10-14(13)20-11-12-7-3-2-4-8-12/h2-10H,11,16H2,1H3,(H2,17,18,19). The van der Waals surface area contributed by atoms with E-state index in [2.05, 4.69) is 15.7 Å². The van der Waals surface area contributed by atoms with E-state index in [4.69, 9.17) is 10.6 Å². The predicted octanol–water partition coefficient (Wildman–Crippen LogP) is 2.13. The second kappa shape index (κ2) is 7.16. The lowest BCUT2D eigenvalue weighted by molar-refractivity contribution is 0.308. The topological polar surface area (TPSA) is 71.7 Å². The summed E-state index contributed by atoms with van der Waals surface area (Å²) >= 11 is 0. The van der Waals surface area contributed by atoms with Gasteiger partial charge >= 0.3 is 0 Å². The van der Waals surface area contributed by atoms with Crippen LogP contribution in [0.5, 0.6) is 5.75 Å². The van der Waals surface area contributed by atoms with Crippen LogP contribution >= 0.6 is 0 Å². The molecule has 0 radical (unpaired) electrons. The van der Waals surface area contributed by atoms with E-state index in [0.717, 1.165) is 17.0 Å². The molecule has 2 aromatic rings. The van der Waals surface area contributed by atoms with Crippen LogP contribution in [-0.2, 0) is 6.61 Å². The van der Waals surface area contributed by atoms with Crippen molar-refractivity contribution in [2.75, 3.05) is 12.4 Å². The fraction of sp³-hybridized carbons (Fsp3) is 0.133. The Labute approximate surface area is 118 Å². The molecule has 0 aliphatic heterocycles. The number of guanidine groups is 1. The van der Waals surface area contributed by atoms with E-state index in [9.17, 15) is 0 Å². The van der Waals surface area contributed by atoms with E-state index in [1.165, 1.54) is 0 Å². The summed E-state index contributed by atoms with van der Waals surface area (Å²) in [5.74, 6) is 6.58. The molecule has 0 bridgehead atoms. The van der Waals surface area contributed by atoms with Crippen molar-refractivity contribution in [3.05, 3.63) is 60.2 Å². The van der Waals surface area contributed by atoms with Gasteiger partial charge in [0.25, 0.3) is 0 Å². The minimum Gasteiger partial charge on any atom is -0.487 e. The lowest BCUT2D eigenvalue weighted by atomic mass is 10.2. The molecule has 4 N–H and O–H groups in total. The molecule has 0 atom stereocenters. The summed E-state index contributed by atoms with van der Waals surface area (Å²) in [7, 11) is 1.65. The van der Waals surface area contributed by atoms with Crippen molar-refractivity contribution in [1.29, 1.82) is 0 Å². The molecule has 5 heteroatoms. The number of nitrogens with one attached hydrogen (secondary N) is 2. The van der Waals surface area contributed by atoms with Crippen LogP contribution in [0.2, 0.25) is 0 Å². The van der Waals surface area contributed by atoms with Crippen LogP contribution in [0.1, 0.15) is 5.56 Å². The molecule has 2 aromatic carbocycles. The number of nitrogens with two attached hydrogens (primary N) is 1. The summed E-state index contributed by atoms with van der Waals surface area (Å²) in [6.07, 6.45) is 0. The molecule has 0 spiro atoms. The Bertz CT molecular complexity index is 569. The van der Waals surface area contributed by atoms with Gasteiger partial charge in [0.1, 0.15) is 12.4 Å². The normalized spacial score (nSPS) is 11.0. The van der Waals surface area contributed by atoms with Crippen LogP contribution in [0, 0.1) is 0 Å². The lowest BCUT2D eigenvalue weighted by Gasteiger charge is -2.14. The average molecular weight is 270 g/mol. The maximum atomic E-state index is 5.83.